The molecule has 26 N–H and O–H groups in total. The molecule has 400 valence electrons. The highest BCUT2D eigenvalue weighted by Gasteiger charge is 2.35. The smallest absolute Gasteiger partial charge is 0.326 e. The molecule has 0 bridgehead atoms. The van der Waals surface area contributed by atoms with E-state index in [0.717, 1.165) is 0 Å². The summed E-state index contributed by atoms with van der Waals surface area (Å²) in [5, 5.41) is 46.9. The van der Waals surface area contributed by atoms with Crippen LogP contribution in [-0.2, 0) is 38.4 Å². The molecule has 70 heavy (non-hydrogen) atoms. The molecule has 7 amide bonds. The summed E-state index contributed by atoms with van der Waals surface area (Å²) in [7, 11) is 0. The molecule has 8 atom stereocenters. The molecule has 0 radical (unpaired) electrons. The second-order valence-electron chi connectivity index (χ2n) is 17.2. The van der Waals surface area contributed by atoms with E-state index in [4.69, 9.17) is 45.9 Å². The van der Waals surface area contributed by atoms with Crippen molar-refractivity contribution in [1.82, 2.24) is 37.2 Å². The van der Waals surface area contributed by atoms with Crippen molar-refractivity contribution < 1.29 is 53.7 Å². The summed E-state index contributed by atoms with van der Waals surface area (Å²) in [6.45, 7) is 5.19. The van der Waals surface area contributed by atoms with Crippen LogP contribution in [0, 0.1) is 11.8 Å². The first-order chi connectivity index (χ1) is 32.9. The third kappa shape index (κ3) is 26.8. The molecule has 0 aromatic rings. The van der Waals surface area contributed by atoms with Gasteiger partial charge in [0.2, 0.25) is 41.4 Å². The molecule has 0 aromatic heterocycles. The fraction of sp³-hybridized carbons (Fsp3) is 0.732. The van der Waals surface area contributed by atoms with Gasteiger partial charge in [-0.05, 0) is 82.6 Å². The minimum Gasteiger partial charge on any atom is -0.480 e. The zero-order valence-electron chi connectivity index (χ0n) is 40.7. The van der Waals surface area contributed by atoms with E-state index in [-0.39, 0.29) is 94.9 Å². The van der Waals surface area contributed by atoms with Crippen molar-refractivity contribution in [2.24, 2.45) is 72.7 Å². The normalized spacial score (nSPS) is 14.4. The first kappa shape index (κ1) is 63.4. The Bertz CT molecular complexity index is 1770. The average molecular weight is 1000 g/mol. The van der Waals surface area contributed by atoms with Gasteiger partial charge in [0.25, 0.3) is 0 Å². The number of nitrogens with one attached hydrogen (secondary N) is 7. The van der Waals surface area contributed by atoms with Gasteiger partial charge in [0, 0.05) is 19.6 Å². The highest BCUT2D eigenvalue weighted by Crippen LogP contribution is 2.10. The Labute approximate surface area is 407 Å². The summed E-state index contributed by atoms with van der Waals surface area (Å²) in [6.07, 6.45) is 1.56. The van der Waals surface area contributed by atoms with E-state index in [1.807, 2.05) is 0 Å². The first-order valence-corrected chi connectivity index (χ1v) is 23.1. The molecule has 0 spiro atoms. The Balaban J connectivity index is 6.50. The summed E-state index contributed by atoms with van der Waals surface area (Å²) < 4.78 is 0. The van der Waals surface area contributed by atoms with Crippen LogP contribution in [-0.4, -0.2) is 168 Å². The third-order valence-corrected chi connectivity index (χ3v) is 10.2. The number of carboxylic acid groups (broad SMARTS) is 1. The number of aliphatic hydroxyl groups excluding tert-OH is 2. The summed E-state index contributed by atoms with van der Waals surface area (Å²) in [5.41, 5.74) is 44.3. The van der Waals surface area contributed by atoms with Gasteiger partial charge in [-0.15, -0.1) is 0 Å². The summed E-state index contributed by atoms with van der Waals surface area (Å²) >= 11 is 0. The van der Waals surface area contributed by atoms with Crippen molar-refractivity contribution in [3.63, 3.8) is 0 Å². The summed E-state index contributed by atoms with van der Waals surface area (Å²) in [5.74, 6) is -8.99. The maximum absolute atomic E-state index is 14.1. The maximum Gasteiger partial charge on any atom is 0.326 e. The van der Waals surface area contributed by atoms with Crippen molar-refractivity contribution in [3.8, 4) is 0 Å². The number of nitrogens with zero attached hydrogens (tertiary/aromatic N) is 3. The van der Waals surface area contributed by atoms with Crippen LogP contribution >= 0.6 is 0 Å². The first-order valence-electron chi connectivity index (χ1n) is 23.1. The van der Waals surface area contributed by atoms with Crippen LogP contribution in [0.2, 0.25) is 0 Å². The van der Waals surface area contributed by atoms with Gasteiger partial charge in [0.05, 0.1) is 19.3 Å². The van der Waals surface area contributed by atoms with E-state index in [1.54, 1.807) is 13.8 Å². The number of aliphatic hydroxyl groups is 2. The molecule has 0 unspecified atom stereocenters. The quantitative estimate of drug-likeness (QED) is 0.0157. The number of nitrogens with two attached hydrogens (primary N) is 8. The number of carboxylic acids is 1. The standard InChI is InChI=1S/C41H80N18O11/c1-21(2)18-27(38(69)70)56-35(66)28(19-60)58-37(68)30(22(3)4)59-36(67)29(20-61)57-34(65)26(13-9-17-52-41(48)49)55-32(63)24(11-5-6-14-42)54-33(64)25(12-8-16-51-40(46)47)53-31(62)23(43)10-7-15-50-39(44)45/h21-30,60-61H,5-20,42-43H2,1-4H3,(H,53,62)(H,54,64)(H,55,63)(H,56,66)(H,57,65)(H,58,68)(H,59,67)(H,69,70)(H4,44,45,50)(H4,46,47,51)(H4,48,49,52)/t23-,24-,25-,26-,27-,28-,29-,30-/m0/s1. The van der Waals surface area contributed by atoms with Gasteiger partial charge in [-0.3, -0.25) is 48.5 Å². The van der Waals surface area contributed by atoms with Gasteiger partial charge < -0.3 is 98.4 Å². The lowest BCUT2D eigenvalue weighted by Crippen LogP contribution is -2.61. The van der Waals surface area contributed by atoms with Crippen molar-refractivity contribution in [2.75, 3.05) is 39.4 Å². The van der Waals surface area contributed by atoms with E-state index in [0.29, 0.717) is 19.3 Å². The van der Waals surface area contributed by atoms with Crippen LogP contribution in [0.1, 0.15) is 91.9 Å². The van der Waals surface area contributed by atoms with Crippen LogP contribution in [0.15, 0.2) is 15.0 Å². The topological polar surface area (TPSA) is 527 Å². The number of carbonyl (C=O) groups excluding carboxylic acids is 7. The molecule has 0 saturated heterocycles. The number of rotatable bonds is 36. The van der Waals surface area contributed by atoms with E-state index in [9.17, 15) is 53.7 Å². The predicted octanol–water partition coefficient (Wildman–Crippen LogP) is -7.23. The minimum absolute atomic E-state index is 0.00689. The number of aliphatic carboxylic acids is 1. The number of guanidine groups is 3. The van der Waals surface area contributed by atoms with Crippen molar-refractivity contribution in [1.29, 1.82) is 0 Å². The van der Waals surface area contributed by atoms with E-state index in [2.05, 4.69) is 52.2 Å². The van der Waals surface area contributed by atoms with Crippen molar-refractivity contribution in [3.05, 3.63) is 0 Å². The fourth-order valence-electron chi connectivity index (χ4n) is 6.46. The fourth-order valence-corrected chi connectivity index (χ4v) is 6.46. The average Bonchev–Trinajstić information content (AvgIpc) is 3.28. The van der Waals surface area contributed by atoms with Gasteiger partial charge in [-0.1, -0.05) is 27.7 Å². The Kier molecular flexibility index (Phi) is 31.4. The van der Waals surface area contributed by atoms with Gasteiger partial charge in [0.1, 0.15) is 42.3 Å². The van der Waals surface area contributed by atoms with Gasteiger partial charge >= 0.3 is 5.97 Å². The molecule has 0 aromatic carbocycles. The summed E-state index contributed by atoms with van der Waals surface area (Å²) in [6, 6.07) is -11.1. The van der Waals surface area contributed by atoms with Crippen LogP contribution in [0.4, 0.5) is 0 Å². The monoisotopic (exact) mass is 1000 g/mol. The van der Waals surface area contributed by atoms with Gasteiger partial charge in [-0.25, -0.2) is 4.79 Å². The Morgan fingerprint density at radius 3 is 1.17 bits per heavy atom. The van der Waals surface area contributed by atoms with Crippen LogP contribution in [0.5, 0.6) is 0 Å². The van der Waals surface area contributed by atoms with Crippen LogP contribution < -0.4 is 83.1 Å². The molecule has 0 aliphatic carbocycles. The van der Waals surface area contributed by atoms with Crippen LogP contribution in [0.25, 0.3) is 0 Å². The molecule has 0 fully saturated rings. The van der Waals surface area contributed by atoms with E-state index in [1.165, 1.54) is 13.8 Å². The van der Waals surface area contributed by atoms with Crippen LogP contribution in [0.3, 0.4) is 0 Å². The molecule has 0 saturated carbocycles. The Hall–Kier alpha value is -6.59. The second-order valence-corrected chi connectivity index (χ2v) is 17.2. The second kappa shape index (κ2) is 34.7. The number of carbonyl (C=O) groups is 8. The molecule has 29 nitrogen and oxygen atoms in total. The number of amides is 7. The van der Waals surface area contributed by atoms with Gasteiger partial charge in [-0.2, -0.15) is 0 Å². The molecule has 0 heterocycles. The largest absolute Gasteiger partial charge is 0.480 e. The molecule has 29 heteroatoms. The lowest BCUT2D eigenvalue weighted by Gasteiger charge is -2.28. The lowest BCUT2D eigenvalue weighted by molar-refractivity contribution is -0.143. The SMILES string of the molecule is CC(C)C[C@H](NC(=O)[C@H](CO)NC(=O)[C@@H](NC(=O)[C@H](CO)NC(=O)[C@H](CCCN=C(N)N)NC(=O)[C@H](CCCCN)NC(=O)[C@H](CCCN=C(N)N)NC(=O)[C@@H](N)CCCN=C(N)N)C(C)C)C(=O)O. The molecular weight excluding hydrogens is 921 g/mol. The minimum atomic E-state index is -1.72. The number of hydrogen-bond acceptors (Lipinski definition) is 15. The summed E-state index contributed by atoms with van der Waals surface area (Å²) in [4.78, 5) is 118. The number of unbranched alkanes of at least 4 members (excludes halogenated alkanes) is 1. The predicted molar refractivity (Wildman–Crippen MR) is 260 cm³/mol. The highest BCUT2D eigenvalue weighted by molar-refractivity contribution is 5.97. The highest BCUT2D eigenvalue weighted by atomic mass is 16.4. The maximum atomic E-state index is 14.1. The number of aliphatic imine (C=N–C) groups is 3. The van der Waals surface area contributed by atoms with Crippen molar-refractivity contribution >= 4 is 65.2 Å². The molecule has 0 aliphatic heterocycles. The lowest BCUT2D eigenvalue weighted by atomic mass is 10.0. The van der Waals surface area contributed by atoms with Crippen molar-refractivity contribution in [2.45, 2.75) is 140 Å². The Morgan fingerprint density at radius 1 is 0.457 bits per heavy atom. The Morgan fingerprint density at radius 2 is 0.800 bits per heavy atom. The van der Waals surface area contributed by atoms with E-state index < -0.39 is 115 Å². The zero-order valence-corrected chi connectivity index (χ0v) is 40.7. The third-order valence-electron chi connectivity index (χ3n) is 10.2. The van der Waals surface area contributed by atoms with E-state index >= 15 is 0 Å². The number of hydrogen-bond donors (Lipinski definition) is 18. The molecular formula is C41H80N18O11. The zero-order chi connectivity index (χ0) is 53.5. The van der Waals surface area contributed by atoms with Gasteiger partial charge in [0.15, 0.2) is 17.9 Å². The molecule has 0 rings (SSSR count). The molecule has 0 aliphatic rings.